The van der Waals surface area contributed by atoms with Crippen molar-refractivity contribution in [1.82, 2.24) is 0 Å². The van der Waals surface area contributed by atoms with Crippen molar-refractivity contribution in [3.63, 3.8) is 0 Å². The van der Waals surface area contributed by atoms with Gasteiger partial charge in [0.1, 0.15) is 0 Å². The molecule has 0 aliphatic carbocycles. The van der Waals surface area contributed by atoms with Gasteiger partial charge >= 0.3 is 8.56 Å². The lowest BCUT2D eigenvalue weighted by atomic mass is 10.1. The van der Waals surface area contributed by atoms with Crippen molar-refractivity contribution in [3.05, 3.63) is 0 Å². The van der Waals surface area contributed by atoms with Gasteiger partial charge in [0, 0.05) is 24.3 Å². The molecule has 1 heterocycles. The summed E-state index contributed by atoms with van der Waals surface area (Å²) in [4.78, 5) is 0. The molecule has 1 saturated heterocycles. The Morgan fingerprint density at radius 2 is 1.67 bits per heavy atom. The van der Waals surface area contributed by atoms with Gasteiger partial charge in [-0.3, -0.25) is 0 Å². The van der Waals surface area contributed by atoms with Crippen LogP contribution in [0.5, 0.6) is 0 Å². The van der Waals surface area contributed by atoms with Gasteiger partial charge in [0.15, 0.2) is 0 Å². The molecule has 0 N–H and O–H groups in total. The molecule has 0 saturated carbocycles. The highest BCUT2D eigenvalue weighted by molar-refractivity contribution is 6.70. The van der Waals surface area contributed by atoms with Crippen LogP contribution in [0, 0.1) is 0 Å². The van der Waals surface area contributed by atoms with Crippen LogP contribution in [0.25, 0.3) is 0 Å². The summed E-state index contributed by atoms with van der Waals surface area (Å²) in [7, 11) is -1.92. The van der Waals surface area contributed by atoms with Crippen molar-refractivity contribution in [2.75, 3.05) is 13.2 Å². The smallest absolute Gasteiger partial charge is 0.344 e. The SMILES string of the molecule is CCO[Si]1(OCC)C(C)CCCC1CC. The first-order valence-corrected chi connectivity index (χ1v) is 8.46. The summed E-state index contributed by atoms with van der Waals surface area (Å²) in [6.45, 7) is 10.4. The third-order valence-corrected chi connectivity index (χ3v) is 8.66. The van der Waals surface area contributed by atoms with Gasteiger partial charge in [0.2, 0.25) is 0 Å². The van der Waals surface area contributed by atoms with Crippen LogP contribution in [0.1, 0.15) is 53.4 Å². The summed E-state index contributed by atoms with van der Waals surface area (Å²) in [6, 6.07) is 0. The van der Waals surface area contributed by atoms with E-state index in [1.165, 1.54) is 25.7 Å². The predicted molar refractivity (Wildman–Crippen MR) is 66.3 cm³/mol. The van der Waals surface area contributed by atoms with Gasteiger partial charge < -0.3 is 8.85 Å². The van der Waals surface area contributed by atoms with Crippen LogP contribution in [0.3, 0.4) is 0 Å². The lowest BCUT2D eigenvalue weighted by Crippen LogP contribution is -2.52. The quantitative estimate of drug-likeness (QED) is 0.668. The zero-order valence-corrected chi connectivity index (χ0v) is 11.7. The minimum absolute atomic E-state index is 0.663. The van der Waals surface area contributed by atoms with E-state index >= 15 is 0 Å². The molecular formula is C12H26O2Si. The summed E-state index contributed by atoms with van der Waals surface area (Å²) in [5.74, 6) is 0. The summed E-state index contributed by atoms with van der Waals surface area (Å²) in [6.07, 6.45) is 5.18. The van der Waals surface area contributed by atoms with Gasteiger partial charge in [-0.2, -0.15) is 0 Å². The van der Waals surface area contributed by atoms with Crippen LogP contribution in [0.2, 0.25) is 11.1 Å². The van der Waals surface area contributed by atoms with Gasteiger partial charge in [0.25, 0.3) is 0 Å². The maximum absolute atomic E-state index is 6.14. The monoisotopic (exact) mass is 230 g/mol. The van der Waals surface area contributed by atoms with E-state index in [1.54, 1.807) is 0 Å². The predicted octanol–water partition coefficient (Wildman–Crippen LogP) is 3.86. The summed E-state index contributed by atoms with van der Waals surface area (Å²) in [5.41, 5.74) is 1.37. The van der Waals surface area contributed by atoms with E-state index in [4.69, 9.17) is 8.85 Å². The first-order valence-electron chi connectivity index (χ1n) is 6.49. The van der Waals surface area contributed by atoms with Gasteiger partial charge in [-0.15, -0.1) is 0 Å². The average molecular weight is 230 g/mol. The van der Waals surface area contributed by atoms with Crippen LogP contribution < -0.4 is 0 Å². The fraction of sp³-hybridized carbons (Fsp3) is 1.00. The molecule has 3 heteroatoms. The van der Waals surface area contributed by atoms with E-state index < -0.39 is 8.56 Å². The number of hydrogen-bond acceptors (Lipinski definition) is 2. The van der Waals surface area contributed by atoms with Gasteiger partial charge in [0.05, 0.1) is 0 Å². The normalized spacial score (nSPS) is 30.4. The minimum Gasteiger partial charge on any atom is -0.394 e. The molecule has 0 spiro atoms. The first kappa shape index (κ1) is 13.2. The summed E-state index contributed by atoms with van der Waals surface area (Å²) in [5, 5.41) is 0. The summed E-state index contributed by atoms with van der Waals surface area (Å²) >= 11 is 0. The lowest BCUT2D eigenvalue weighted by Gasteiger charge is -2.44. The van der Waals surface area contributed by atoms with Crippen molar-refractivity contribution in [2.45, 2.75) is 64.5 Å². The van der Waals surface area contributed by atoms with E-state index in [0.717, 1.165) is 13.2 Å². The highest BCUT2D eigenvalue weighted by atomic mass is 28.4. The van der Waals surface area contributed by atoms with E-state index in [1.807, 2.05) is 0 Å². The highest BCUT2D eigenvalue weighted by Gasteiger charge is 2.51. The molecule has 1 fully saturated rings. The van der Waals surface area contributed by atoms with Crippen molar-refractivity contribution < 1.29 is 8.85 Å². The highest BCUT2D eigenvalue weighted by Crippen LogP contribution is 2.46. The molecule has 1 rings (SSSR count). The number of rotatable bonds is 5. The average Bonchev–Trinajstić information content (AvgIpc) is 2.23. The molecule has 0 radical (unpaired) electrons. The van der Waals surface area contributed by atoms with Crippen molar-refractivity contribution in [2.24, 2.45) is 0 Å². The van der Waals surface area contributed by atoms with Crippen LogP contribution >= 0.6 is 0 Å². The molecule has 0 amide bonds. The molecule has 15 heavy (non-hydrogen) atoms. The van der Waals surface area contributed by atoms with Gasteiger partial charge in [-0.25, -0.2) is 0 Å². The molecule has 0 bridgehead atoms. The topological polar surface area (TPSA) is 18.5 Å². The lowest BCUT2D eigenvalue weighted by molar-refractivity contribution is 0.150. The Balaban J connectivity index is 2.83. The second-order valence-corrected chi connectivity index (χ2v) is 8.35. The zero-order valence-electron chi connectivity index (χ0n) is 10.7. The van der Waals surface area contributed by atoms with E-state index in [-0.39, 0.29) is 0 Å². The van der Waals surface area contributed by atoms with Crippen LogP contribution in [-0.4, -0.2) is 21.8 Å². The van der Waals surface area contributed by atoms with Crippen molar-refractivity contribution in [3.8, 4) is 0 Å². The van der Waals surface area contributed by atoms with E-state index in [2.05, 4.69) is 27.7 Å². The Kier molecular flexibility index (Phi) is 5.30. The van der Waals surface area contributed by atoms with E-state index in [0.29, 0.717) is 11.1 Å². The molecule has 0 aromatic rings. The van der Waals surface area contributed by atoms with Crippen LogP contribution in [0.15, 0.2) is 0 Å². The molecule has 1 aliphatic rings. The molecular weight excluding hydrogens is 204 g/mol. The van der Waals surface area contributed by atoms with Crippen molar-refractivity contribution in [1.29, 1.82) is 0 Å². The zero-order chi connectivity index (χ0) is 11.3. The Hall–Kier alpha value is 0.137. The third-order valence-electron chi connectivity index (χ3n) is 3.68. The second-order valence-electron chi connectivity index (χ2n) is 4.52. The fourth-order valence-corrected chi connectivity index (χ4v) is 7.59. The van der Waals surface area contributed by atoms with Crippen LogP contribution in [0.4, 0.5) is 0 Å². The maximum atomic E-state index is 6.14. The minimum atomic E-state index is -1.92. The molecule has 0 aromatic heterocycles. The van der Waals surface area contributed by atoms with Crippen molar-refractivity contribution >= 4 is 8.56 Å². The molecule has 0 aromatic carbocycles. The van der Waals surface area contributed by atoms with Gasteiger partial charge in [-0.05, 0) is 26.7 Å². The molecule has 2 atom stereocenters. The standard InChI is InChI=1S/C12H26O2Si/c1-5-12-10-8-9-11(4)15(12,13-6-2)14-7-3/h11-12H,5-10H2,1-4H3. The van der Waals surface area contributed by atoms with Gasteiger partial charge in [-0.1, -0.05) is 26.7 Å². The summed E-state index contributed by atoms with van der Waals surface area (Å²) < 4.78 is 12.3. The molecule has 2 nitrogen and oxygen atoms in total. The maximum Gasteiger partial charge on any atom is 0.344 e. The Morgan fingerprint density at radius 1 is 1.07 bits per heavy atom. The largest absolute Gasteiger partial charge is 0.394 e. The second kappa shape index (κ2) is 6.02. The first-order chi connectivity index (χ1) is 7.21. The molecule has 1 aliphatic heterocycles. The fourth-order valence-electron chi connectivity index (χ4n) is 2.98. The molecule has 90 valence electrons. The van der Waals surface area contributed by atoms with Crippen LogP contribution in [-0.2, 0) is 8.85 Å². The Bertz CT molecular complexity index is 178. The number of hydrogen-bond donors (Lipinski definition) is 0. The third kappa shape index (κ3) is 2.63. The Labute approximate surface area is 95.6 Å². The Morgan fingerprint density at radius 3 is 2.13 bits per heavy atom. The van der Waals surface area contributed by atoms with E-state index in [9.17, 15) is 0 Å². The molecule has 2 unspecified atom stereocenters.